The molecular formula is C14H15N5O6S2. The Hall–Kier alpha value is -2.80. The van der Waals surface area contributed by atoms with Gasteiger partial charge in [0.25, 0.3) is 11.8 Å². The molecule has 2 aliphatic rings. The summed E-state index contributed by atoms with van der Waals surface area (Å²) in [7, 11) is 1.28. The number of hydrogen-bond donors (Lipinski definition) is 3. The van der Waals surface area contributed by atoms with E-state index in [2.05, 4.69) is 20.3 Å². The maximum absolute atomic E-state index is 12.6. The Kier molecular flexibility index (Phi) is 5.23. The van der Waals surface area contributed by atoms with Crippen molar-refractivity contribution in [3.05, 3.63) is 22.5 Å². The number of rotatable bonds is 5. The SMILES string of the molecule is CO/N=C(\C(=O)N[C@@H]1C(=O)N2C(OC(=O)O)=C(C)CS[C@H]12)c1csc(N)n1. The van der Waals surface area contributed by atoms with Gasteiger partial charge >= 0.3 is 6.16 Å². The van der Waals surface area contributed by atoms with Crippen LogP contribution in [-0.4, -0.2) is 63.0 Å². The van der Waals surface area contributed by atoms with E-state index in [4.69, 9.17) is 15.6 Å². The standard InChI is InChI=1S/C14H15N5O6S2/c1-5-3-26-12-8(10(21)19(12)11(5)25-14(22)23)17-9(20)7(18-24-2)6-4-27-13(15)16-6/h4,8,12H,3H2,1-2H3,(H2,15,16)(H,17,20)(H,22,23)/b18-7-/t8-,12-/m1/s1. The Morgan fingerprint density at radius 3 is 2.85 bits per heavy atom. The Morgan fingerprint density at radius 1 is 1.52 bits per heavy atom. The van der Waals surface area contributed by atoms with Crippen LogP contribution in [0, 0.1) is 0 Å². The van der Waals surface area contributed by atoms with Crippen LogP contribution >= 0.6 is 23.1 Å². The molecule has 2 aliphatic heterocycles. The Morgan fingerprint density at radius 2 is 2.26 bits per heavy atom. The highest BCUT2D eigenvalue weighted by atomic mass is 32.2. The van der Waals surface area contributed by atoms with E-state index in [-0.39, 0.29) is 22.4 Å². The van der Waals surface area contributed by atoms with Gasteiger partial charge in [0.15, 0.2) is 10.8 Å². The number of amides is 2. The van der Waals surface area contributed by atoms with Crippen LogP contribution < -0.4 is 11.1 Å². The molecule has 0 aliphatic carbocycles. The summed E-state index contributed by atoms with van der Waals surface area (Å²) in [6.07, 6.45) is -1.51. The molecule has 0 saturated carbocycles. The highest BCUT2D eigenvalue weighted by Gasteiger charge is 2.54. The molecule has 1 saturated heterocycles. The second-order valence-corrected chi connectivity index (χ2v) is 7.50. The monoisotopic (exact) mass is 413 g/mol. The lowest BCUT2D eigenvalue weighted by molar-refractivity contribution is -0.148. The maximum atomic E-state index is 12.6. The summed E-state index contributed by atoms with van der Waals surface area (Å²) in [6, 6.07) is -0.860. The van der Waals surface area contributed by atoms with E-state index in [0.29, 0.717) is 11.3 Å². The number of aromatic nitrogens is 1. The molecule has 1 fully saturated rings. The summed E-state index contributed by atoms with van der Waals surface area (Å²) in [5, 5.41) is 16.4. The van der Waals surface area contributed by atoms with Crippen molar-refractivity contribution in [1.29, 1.82) is 0 Å². The lowest BCUT2D eigenvalue weighted by atomic mass is 10.1. The molecule has 0 bridgehead atoms. The predicted octanol–water partition coefficient (Wildman–Crippen LogP) is 0.402. The van der Waals surface area contributed by atoms with Crippen LogP contribution in [-0.2, 0) is 19.2 Å². The molecule has 0 unspecified atom stereocenters. The lowest BCUT2D eigenvalue weighted by Crippen LogP contribution is -2.70. The van der Waals surface area contributed by atoms with Crippen LogP contribution in [0.15, 0.2) is 22.0 Å². The van der Waals surface area contributed by atoms with Crippen molar-refractivity contribution in [1.82, 2.24) is 15.2 Å². The molecule has 13 heteroatoms. The zero-order valence-corrected chi connectivity index (χ0v) is 15.8. The van der Waals surface area contributed by atoms with Gasteiger partial charge in [0.1, 0.15) is 24.2 Å². The van der Waals surface area contributed by atoms with Crippen molar-refractivity contribution in [3.8, 4) is 0 Å². The van der Waals surface area contributed by atoms with Gasteiger partial charge in [0.2, 0.25) is 5.88 Å². The molecule has 3 heterocycles. The second-order valence-electron chi connectivity index (χ2n) is 5.51. The quantitative estimate of drug-likeness (QED) is 0.269. The number of thiazole rings is 1. The van der Waals surface area contributed by atoms with E-state index in [0.717, 1.165) is 11.3 Å². The first-order chi connectivity index (χ1) is 12.8. The number of oxime groups is 1. The average Bonchev–Trinajstić information content (AvgIpc) is 3.04. The molecule has 0 spiro atoms. The van der Waals surface area contributed by atoms with Gasteiger partial charge in [-0.15, -0.1) is 23.1 Å². The number of thioether (sulfide) groups is 1. The number of anilines is 1. The summed E-state index contributed by atoms with van der Waals surface area (Å²) in [4.78, 5) is 45.8. The number of carbonyl (C=O) groups is 3. The number of fused-ring (bicyclic) bond motifs is 1. The highest BCUT2D eigenvalue weighted by molar-refractivity contribution is 8.00. The van der Waals surface area contributed by atoms with E-state index in [1.54, 1.807) is 12.3 Å². The second kappa shape index (κ2) is 7.44. The smallest absolute Gasteiger partial charge is 0.449 e. The molecule has 3 rings (SSSR count). The van der Waals surface area contributed by atoms with E-state index in [1.165, 1.54) is 23.8 Å². The molecule has 2 atom stereocenters. The van der Waals surface area contributed by atoms with Gasteiger partial charge < -0.3 is 25.7 Å². The molecule has 1 aromatic rings. The van der Waals surface area contributed by atoms with Crippen LogP contribution in [0.4, 0.5) is 9.93 Å². The largest absolute Gasteiger partial charge is 0.512 e. The normalized spacial score (nSPS) is 22.1. The molecule has 11 nitrogen and oxygen atoms in total. The summed E-state index contributed by atoms with van der Waals surface area (Å²) in [5.41, 5.74) is 6.30. The Labute approximate surface area is 161 Å². The predicted molar refractivity (Wildman–Crippen MR) is 96.9 cm³/mol. The average molecular weight is 413 g/mol. The van der Waals surface area contributed by atoms with Crippen molar-refractivity contribution in [3.63, 3.8) is 0 Å². The van der Waals surface area contributed by atoms with E-state index >= 15 is 0 Å². The van der Waals surface area contributed by atoms with E-state index in [9.17, 15) is 14.4 Å². The minimum atomic E-state index is -1.51. The first-order valence-corrected chi connectivity index (χ1v) is 9.45. The van der Waals surface area contributed by atoms with Crippen LogP contribution in [0.3, 0.4) is 0 Å². The van der Waals surface area contributed by atoms with E-state index in [1.807, 2.05) is 0 Å². The summed E-state index contributed by atoms with van der Waals surface area (Å²) < 4.78 is 4.73. The van der Waals surface area contributed by atoms with Gasteiger partial charge in [-0.25, -0.2) is 9.78 Å². The molecule has 4 N–H and O–H groups in total. The number of nitrogens with one attached hydrogen (secondary N) is 1. The minimum absolute atomic E-state index is 0.0141. The van der Waals surface area contributed by atoms with Gasteiger partial charge in [-0.05, 0) is 12.5 Å². The molecule has 144 valence electrons. The molecule has 2 amide bonds. The van der Waals surface area contributed by atoms with Gasteiger partial charge in [-0.1, -0.05) is 5.16 Å². The topological polar surface area (TPSA) is 156 Å². The van der Waals surface area contributed by atoms with Crippen LogP contribution in [0.25, 0.3) is 0 Å². The van der Waals surface area contributed by atoms with Gasteiger partial charge in [0, 0.05) is 11.1 Å². The number of carboxylic acid groups (broad SMARTS) is 1. The molecule has 0 aromatic carbocycles. The van der Waals surface area contributed by atoms with Crippen molar-refractivity contribution < 1.29 is 29.1 Å². The van der Waals surface area contributed by atoms with Gasteiger partial charge in [0.05, 0.1) is 0 Å². The minimum Gasteiger partial charge on any atom is -0.449 e. The highest BCUT2D eigenvalue weighted by Crippen LogP contribution is 2.40. The molecule has 1 aromatic heterocycles. The number of nitrogen functional groups attached to an aromatic ring is 1. The fraction of sp³-hybridized carbons (Fsp3) is 0.357. The number of β-lactam (4-membered cyclic amide) rings is 1. The summed E-state index contributed by atoms with van der Waals surface area (Å²) in [5.74, 6) is -0.691. The molecule has 27 heavy (non-hydrogen) atoms. The zero-order valence-electron chi connectivity index (χ0n) is 14.2. The fourth-order valence-corrected chi connectivity index (χ4v) is 4.40. The summed E-state index contributed by atoms with van der Waals surface area (Å²) >= 11 is 2.52. The van der Waals surface area contributed by atoms with E-state index < -0.39 is 29.4 Å². The van der Waals surface area contributed by atoms with Gasteiger partial charge in [-0.3, -0.25) is 14.5 Å². The zero-order chi connectivity index (χ0) is 19.7. The maximum Gasteiger partial charge on any atom is 0.512 e. The lowest BCUT2D eigenvalue weighted by Gasteiger charge is -2.48. The summed E-state index contributed by atoms with van der Waals surface area (Å²) in [6.45, 7) is 1.68. The van der Waals surface area contributed by atoms with Gasteiger partial charge in [-0.2, -0.15) is 0 Å². The van der Waals surface area contributed by atoms with Crippen molar-refractivity contribution in [2.24, 2.45) is 5.16 Å². The molecule has 0 radical (unpaired) electrons. The Bertz CT molecular complexity index is 866. The molecular weight excluding hydrogens is 398 g/mol. The van der Waals surface area contributed by atoms with Crippen molar-refractivity contribution in [2.75, 3.05) is 18.6 Å². The third-order valence-electron chi connectivity index (χ3n) is 3.73. The number of nitrogens with zero attached hydrogens (tertiary/aromatic N) is 3. The number of nitrogens with two attached hydrogens (primary N) is 1. The third kappa shape index (κ3) is 3.55. The van der Waals surface area contributed by atoms with Crippen LogP contribution in [0.1, 0.15) is 12.6 Å². The van der Waals surface area contributed by atoms with Crippen molar-refractivity contribution in [2.45, 2.75) is 18.3 Å². The third-order valence-corrected chi connectivity index (χ3v) is 5.83. The number of hydrogen-bond acceptors (Lipinski definition) is 10. The first kappa shape index (κ1) is 19.0. The fourth-order valence-electron chi connectivity index (χ4n) is 2.58. The van der Waals surface area contributed by atoms with Crippen molar-refractivity contribution >= 4 is 51.9 Å². The van der Waals surface area contributed by atoms with Crippen LogP contribution in [0.5, 0.6) is 0 Å². The number of ether oxygens (including phenoxy) is 1. The first-order valence-electron chi connectivity index (χ1n) is 7.52. The number of carbonyl (C=O) groups excluding carboxylic acids is 2. The Balaban J connectivity index is 1.76. The van der Waals surface area contributed by atoms with Crippen LogP contribution in [0.2, 0.25) is 0 Å².